The molecule has 14 heavy (non-hydrogen) atoms. The standard InChI is InChI=1S/C13H15N/c1-3-6-11-7-5-8-12(9-10-14)13(11)4-2/h3-4,6,8H,1,5,7,9H2,2H3/b11-6-,13-4+. The Morgan fingerprint density at radius 1 is 1.64 bits per heavy atom. The fraction of sp³-hybridized carbons (Fsp3) is 0.308. The molecule has 0 heterocycles. The molecule has 0 bridgehead atoms. The summed E-state index contributed by atoms with van der Waals surface area (Å²) in [6.45, 7) is 5.72. The molecule has 0 aromatic heterocycles. The Morgan fingerprint density at radius 2 is 2.43 bits per heavy atom. The molecule has 1 rings (SSSR count). The van der Waals surface area contributed by atoms with E-state index in [9.17, 15) is 0 Å². The zero-order valence-electron chi connectivity index (χ0n) is 8.59. The van der Waals surface area contributed by atoms with E-state index in [-0.39, 0.29) is 0 Å². The first-order chi connectivity index (χ1) is 6.83. The van der Waals surface area contributed by atoms with Gasteiger partial charge in [0.2, 0.25) is 0 Å². The molecule has 0 aromatic rings. The van der Waals surface area contributed by atoms with Crippen LogP contribution in [0.15, 0.2) is 47.6 Å². The van der Waals surface area contributed by atoms with Crippen LogP contribution in [0.25, 0.3) is 0 Å². The van der Waals surface area contributed by atoms with Crippen molar-refractivity contribution in [1.82, 2.24) is 0 Å². The van der Waals surface area contributed by atoms with Crippen molar-refractivity contribution in [2.75, 3.05) is 0 Å². The van der Waals surface area contributed by atoms with E-state index < -0.39 is 0 Å². The van der Waals surface area contributed by atoms with Gasteiger partial charge in [-0.1, -0.05) is 30.9 Å². The van der Waals surface area contributed by atoms with E-state index in [0.717, 1.165) is 18.4 Å². The summed E-state index contributed by atoms with van der Waals surface area (Å²) in [6, 6.07) is 2.20. The Labute approximate surface area is 85.7 Å². The molecule has 1 aliphatic rings. The monoisotopic (exact) mass is 185 g/mol. The van der Waals surface area contributed by atoms with E-state index >= 15 is 0 Å². The molecule has 0 fully saturated rings. The van der Waals surface area contributed by atoms with Crippen molar-refractivity contribution < 1.29 is 0 Å². The van der Waals surface area contributed by atoms with E-state index in [1.807, 2.05) is 19.1 Å². The Kier molecular flexibility index (Phi) is 3.94. The van der Waals surface area contributed by atoms with Gasteiger partial charge in [0.1, 0.15) is 0 Å². The van der Waals surface area contributed by atoms with Crippen LogP contribution >= 0.6 is 0 Å². The molecule has 0 N–H and O–H groups in total. The third kappa shape index (κ3) is 2.23. The highest BCUT2D eigenvalue weighted by atomic mass is 14.3. The molecular formula is C13H15N. The lowest BCUT2D eigenvalue weighted by Crippen LogP contribution is -2.00. The minimum Gasteiger partial charge on any atom is -0.198 e. The zero-order chi connectivity index (χ0) is 10.4. The topological polar surface area (TPSA) is 23.8 Å². The SMILES string of the molecule is C=C/C=C1/CCC=C(CC#N)/C1=C/C. The fourth-order valence-electron chi connectivity index (χ4n) is 1.79. The summed E-state index contributed by atoms with van der Waals surface area (Å²) in [5.74, 6) is 0. The van der Waals surface area contributed by atoms with Crippen LogP contribution in [0.1, 0.15) is 26.2 Å². The van der Waals surface area contributed by atoms with Crippen molar-refractivity contribution in [3.63, 3.8) is 0 Å². The number of nitriles is 1. The third-order valence-electron chi connectivity index (χ3n) is 2.37. The van der Waals surface area contributed by atoms with Crippen molar-refractivity contribution in [3.8, 4) is 6.07 Å². The first-order valence-electron chi connectivity index (χ1n) is 4.88. The molecule has 0 aliphatic heterocycles. The second-order valence-electron chi connectivity index (χ2n) is 3.23. The van der Waals surface area contributed by atoms with Crippen LogP contribution in [0.2, 0.25) is 0 Å². The summed E-state index contributed by atoms with van der Waals surface area (Å²) in [5.41, 5.74) is 3.68. The molecule has 0 saturated heterocycles. The molecule has 0 atom stereocenters. The average molecular weight is 185 g/mol. The molecule has 72 valence electrons. The first kappa shape index (κ1) is 10.5. The zero-order valence-corrected chi connectivity index (χ0v) is 8.59. The van der Waals surface area contributed by atoms with Crippen LogP contribution in [0, 0.1) is 11.3 Å². The predicted molar refractivity (Wildman–Crippen MR) is 59.6 cm³/mol. The van der Waals surface area contributed by atoms with E-state index in [4.69, 9.17) is 5.26 Å². The van der Waals surface area contributed by atoms with Gasteiger partial charge in [0.15, 0.2) is 0 Å². The summed E-state index contributed by atoms with van der Waals surface area (Å²) in [7, 11) is 0. The largest absolute Gasteiger partial charge is 0.198 e. The van der Waals surface area contributed by atoms with Gasteiger partial charge in [-0.25, -0.2) is 0 Å². The number of allylic oxidation sites excluding steroid dienone is 7. The Morgan fingerprint density at radius 3 is 3.00 bits per heavy atom. The lowest BCUT2D eigenvalue weighted by molar-refractivity contribution is 0.929. The van der Waals surface area contributed by atoms with Gasteiger partial charge in [0.25, 0.3) is 0 Å². The number of hydrogen-bond acceptors (Lipinski definition) is 1. The number of rotatable bonds is 2. The Balaban J connectivity index is 3.00. The molecule has 0 unspecified atom stereocenters. The van der Waals surface area contributed by atoms with Gasteiger partial charge < -0.3 is 0 Å². The highest BCUT2D eigenvalue weighted by Gasteiger charge is 2.13. The summed E-state index contributed by atoms with van der Waals surface area (Å²) in [5, 5.41) is 8.69. The van der Waals surface area contributed by atoms with Crippen LogP contribution in [-0.2, 0) is 0 Å². The Bertz CT molecular complexity index is 348. The van der Waals surface area contributed by atoms with Crippen molar-refractivity contribution >= 4 is 0 Å². The molecule has 0 aromatic carbocycles. The maximum atomic E-state index is 8.69. The molecule has 1 aliphatic carbocycles. The first-order valence-corrected chi connectivity index (χ1v) is 4.88. The van der Waals surface area contributed by atoms with Crippen molar-refractivity contribution in [3.05, 3.63) is 47.6 Å². The smallest absolute Gasteiger partial charge is 0.0669 e. The van der Waals surface area contributed by atoms with Crippen molar-refractivity contribution in [2.45, 2.75) is 26.2 Å². The maximum Gasteiger partial charge on any atom is 0.0669 e. The number of nitrogens with zero attached hydrogens (tertiary/aromatic N) is 1. The van der Waals surface area contributed by atoms with Gasteiger partial charge in [-0.15, -0.1) is 0 Å². The highest BCUT2D eigenvalue weighted by molar-refractivity contribution is 5.50. The molecule has 1 nitrogen and oxygen atoms in total. The van der Waals surface area contributed by atoms with Crippen molar-refractivity contribution in [2.24, 2.45) is 0 Å². The normalized spacial score (nSPS) is 21.9. The summed E-state index contributed by atoms with van der Waals surface area (Å²) < 4.78 is 0. The van der Waals surface area contributed by atoms with Gasteiger partial charge in [-0.3, -0.25) is 0 Å². The van der Waals surface area contributed by atoms with E-state index in [0.29, 0.717) is 6.42 Å². The Hall–Kier alpha value is -1.55. The molecule has 0 radical (unpaired) electrons. The van der Waals surface area contributed by atoms with Gasteiger partial charge in [-0.2, -0.15) is 5.26 Å². The lowest BCUT2D eigenvalue weighted by Gasteiger charge is -2.18. The van der Waals surface area contributed by atoms with Crippen LogP contribution in [0.3, 0.4) is 0 Å². The fourth-order valence-corrected chi connectivity index (χ4v) is 1.79. The molecule has 0 amide bonds. The quantitative estimate of drug-likeness (QED) is 0.643. The summed E-state index contributed by atoms with van der Waals surface area (Å²) in [6.07, 6.45) is 10.7. The minimum absolute atomic E-state index is 0.508. The second-order valence-corrected chi connectivity index (χ2v) is 3.23. The maximum absolute atomic E-state index is 8.69. The number of hydrogen-bond donors (Lipinski definition) is 0. The predicted octanol–water partition coefficient (Wildman–Crippen LogP) is 3.68. The van der Waals surface area contributed by atoms with Crippen LogP contribution in [-0.4, -0.2) is 0 Å². The van der Waals surface area contributed by atoms with Crippen LogP contribution < -0.4 is 0 Å². The van der Waals surface area contributed by atoms with Gasteiger partial charge >= 0.3 is 0 Å². The molecule has 0 spiro atoms. The molecular weight excluding hydrogens is 170 g/mol. The second kappa shape index (κ2) is 5.24. The lowest BCUT2D eigenvalue weighted by atomic mass is 9.87. The van der Waals surface area contributed by atoms with E-state index in [1.54, 1.807) is 0 Å². The van der Waals surface area contributed by atoms with Crippen LogP contribution in [0.5, 0.6) is 0 Å². The summed E-state index contributed by atoms with van der Waals surface area (Å²) in [4.78, 5) is 0. The van der Waals surface area contributed by atoms with Gasteiger partial charge in [0.05, 0.1) is 12.5 Å². The van der Waals surface area contributed by atoms with Gasteiger partial charge in [0, 0.05) is 0 Å². The minimum atomic E-state index is 0.508. The molecule has 0 saturated carbocycles. The van der Waals surface area contributed by atoms with Gasteiger partial charge in [-0.05, 0) is 36.5 Å². The molecule has 1 heteroatoms. The summed E-state index contributed by atoms with van der Waals surface area (Å²) >= 11 is 0. The van der Waals surface area contributed by atoms with E-state index in [1.165, 1.54) is 11.1 Å². The van der Waals surface area contributed by atoms with Crippen molar-refractivity contribution in [1.29, 1.82) is 5.26 Å². The van der Waals surface area contributed by atoms with Crippen LogP contribution in [0.4, 0.5) is 0 Å². The average Bonchev–Trinajstić information content (AvgIpc) is 2.19. The van der Waals surface area contributed by atoms with E-state index in [2.05, 4.69) is 24.8 Å². The third-order valence-corrected chi connectivity index (χ3v) is 2.37. The highest BCUT2D eigenvalue weighted by Crippen LogP contribution is 2.30.